The van der Waals surface area contributed by atoms with Crippen molar-refractivity contribution >= 4 is 5.69 Å². The van der Waals surface area contributed by atoms with Crippen LogP contribution in [-0.4, -0.2) is 0 Å². The summed E-state index contributed by atoms with van der Waals surface area (Å²) in [7, 11) is 0. The van der Waals surface area contributed by atoms with Crippen molar-refractivity contribution in [1.82, 2.24) is 0 Å². The van der Waals surface area contributed by atoms with Crippen LogP contribution in [0.15, 0.2) is 36.4 Å². The molecular formula is C16H15F2N. The van der Waals surface area contributed by atoms with E-state index in [-0.39, 0.29) is 0 Å². The van der Waals surface area contributed by atoms with Crippen molar-refractivity contribution in [2.75, 3.05) is 5.32 Å². The second-order valence-corrected chi connectivity index (χ2v) is 4.94. The van der Waals surface area contributed by atoms with Gasteiger partial charge in [-0.15, -0.1) is 0 Å². The van der Waals surface area contributed by atoms with Gasteiger partial charge in [0.25, 0.3) is 0 Å². The van der Waals surface area contributed by atoms with E-state index in [1.54, 1.807) is 6.07 Å². The second kappa shape index (κ2) is 5.00. The van der Waals surface area contributed by atoms with Crippen molar-refractivity contribution in [1.29, 1.82) is 0 Å². The monoisotopic (exact) mass is 259 g/mol. The van der Waals surface area contributed by atoms with Gasteiger partial charge in [-0.3, -0.25) is 0 Å². The first-order valence-corrected chi connectivity index (χ1v) is 6.52. The Hall–Kier alpha value is -1.90. The molecule has 0 radical (unpaired) electrons. The van der Waals surface area contributed by atoms with Crippen LogP contribution in [0.3, 0.4) is 0 Å². The molecule has 0 spiro atoms. The summed E-state index contributed by atoms with van der Waals surface area (Å²) in [5, 5.41) is 3.11. The molecule has 19 heavy (non-hydrogen) atoms. The van der Waals surface area contributed by atoms with Crippen LogP contribution in [0.5, 0.6) is 0 Å². The van der Waals surface area contributed by atoms with Gasteiger partial charge in [-0.2, -0.15) is 0 Å². The van der Waals surface area contributed by atoms with Gasteiger partial charge in [-0.1, -0.05) is 18.2 Å². The maximum absolute atomic E-state index is 13.1. The van der Waals surface area contributed by atoms with Gasteiger partial charge in [0.05, 0.1) is 0 Å². The quantitative estimate of drug-likeness (QED) is 0.876. The van der Waals surface area contributed by atoms with Gasteiger partial charge in [0.2, 0.25) is 0 Å². The van der Waals surface area contributed by atoms with Crippen molar-refractivity contribution < 1.29 is 8.78 Å². The normalized spacial score (nSPS) is 13.4. The van der Waals surface area contributed by atoms with Gasteiger partial charge in [-0.25, -0.2) is 8.78 Å². The van der Waals surface area contributed by atoms with Crippen molar-refractivity contribution in [2.24, 2.45) is 0 Å². The van der Waals surface area contributed by atoms with Gasteiger partial charge in [0, 0.05) is 18.3 Å². The first-order chi connectivity index (χ1) is 9.22. The fraction of sp³-hybridized carbons (Fsp3) is 0.250. The van der Waals surface area contributed by atoms with E-state index in [2.05, 4.69) is 23.5 Å². The Morgan fingerprint density at radius 3 is 2.58 bits per heavy atom. The highest BCUT2D eigenvalue weighted by molar-refractivity contribution is 5.45. The molecule has 2 aromatic rings. The van der Waals surface area contributed by atoms with E-state index in [0.717, 1.165) is 12.5 Å². The molecule has 0 amide bonds. The highest BCUT2D eigenvalue weighted by atomic mass is 19.2. The molecule has 0 atom stereocenters. The lowest BCUT2D eigenvalue weighted by Gasteiger charge is -2.08. The molecule has 1 aliphatic carbocycles. The average molecular weight is 259 g/mol. The zero-order valence-corrected chi connectivity index (χ0v) is 10.5. The number of halogens is 2. The predicted molar refractivity (Wildman–Crippen MR) is 72.2 cm³/mol. The Morgan fingerprint density at radius 2 is 1.74 bits per heavy atom. The molecule has 0 heterocycles. The molecule has 3 heteroatoms. The van der Waals surface area contributed by atoms with Gasteiger partial charge in [-0.05, 0) is 48.1 Å². The van der Waals surface area contributed by atoms with Crippen LogP contribution in [0.25, 0.3) is 0 Å². The Morgan fingerprint density at radius 1 is 0.895 bits per heavy atom. The van der Waals surface area contributed by atoms with E-state index in [1.807, 2.05) is 0 Å². The topological polar surface area (TPSA) is 12.0 Å². The fourth-order valence-corrected chi connectivity index (χ4v) is 2.55. The zero-order valence-electron chi connectivity index (χ0n) is 10.5. The molecule has 1 nitrogen and oxygen atoms in total. The SMILES string of the molecule is Fc1ccc(NCc2ccc3c(c2)CCC3)cc1F. The number of nitrogens with one attached hydrogen (secondary N) is 1. The number of benzene rings is 2. The number of hydrogen-bond acceptors (Lipinski definition) is 1. The third-order valence-corrected chi connectivity index (χ3v) is 3.58. The van der Waals surface area contributed by atoms with E-state index in [0.29, 0.717) is 12.2 Å². The van der Waals surface area contributed by atoms with Gasteiger partial charge >= 0.3 is 0 Å². The molecule has 0 fully saturated rings. The van der Waals surface area contributed by atoms with Crippen LogP contribution >= 0.6 is 0 Å². The van der Waals surface area contributed by atoms with Crippen LogP contribution in [-0.2, 0) is 19.4 Å². The highest BCUT2D eigenvalue weighted by Gasteiger charge is 2.10. The standard InChI is InChI=1S/C16H15F2N/c17-15-7-6-14(9-16(15)18)19-10-11-4-5-12-2-1-3-13(12)8-11/h4-9,19H,1-3,10H2. The van der Waals surface area contributed by atoms with Gasteiger partial charge < -0.3 is 5.32 Å². The van der Waals surface area contributed by atoms with E-state index >= 15 is 0 Å². The molecule has 0 unspecified atom stereocenters. The number of aryl methyl sites for hydroxylation is 2. The molecular weight excluding hydrogens is 244 g/mol. The lowest BCUT2D eigenvalue weighted by molar-refractivity contribution is 0.509. The molecule has 0 bridgehead atoms. The summed E-state index contributed by atoms with van der Waals surface area (Å²) in [5.41, 5.74) is 4.63. The van der Waals surface area contributed by atoms with E-state index in [4.69, 9.17) is 0 Å². The Kier molecular flexibility index (Phi) is 3.20. The second-order valence-electron chi connectivity index (χ2n) is 4.94. The first-order valence-electron chi connectivity index (χ1n) is 6.52. The van der Waals surface area contributed by atoms with Crippen molar-refractivity contribution in [2.45, 2.75) is 25.8 Å². The third kappa shape index (κ3) is 2.60. The summed E-state index contributed by atoms with van der Waals surface area (Å²) in [4.78, 5) is 0. The summed E-state index contributed by atoms with van der Waals surface area (Å²) in [5.74, 6) is -1.64. The lowest BCUT2D eigenvalue weighted by atomic mass is 10.1. The molecule has 2 aromatic carbocycles. The molecule has 0 aromatic heterocycles. The minimum Gasteiger partial charge on any atom is -0.381 e. The fourth-order valence-electron chi connectivity index (χ4n) is 2.55. The highest BCUT2D eigenvalue weighted by Crippen LogP contribution is 2.23. The number of hydrogen-bond donors (Lipinski definition) is 1. The number of fused-ring (bicyclic) bond motifs is 1. The summed E-state index contributed by atoms with van der Waals surface area (Å²) in [6, 6.07) is 10.3. The summed E-state index contributed by atoms with van der Waals surface area (Å²) >= 11 is 0. The van der Waals surface area contributed by atoms with Crippen molar-refractivity contribution in [3.05, 3.63) is 64.7 Å². The van der Waals surface area contributed by atoms with Crippen LogP contribution in [0.4, 0.5) is 14.5 Å². The predicted octanol–water partition coefficient (Wildman–Crippen LogP) is 4.07. The molecule has 0 saturated heterocycles. The van der Waals surface area contributed by atoms with E-state index < -0.39 is 11.6 Å². The molecule has 1 aliphatic rings. The molecule has 3 rings (SSSR count). The minimum atomic E-state index is -0.820. The van der Waals surface area contributed by atoms with Gasteiger partial charge in [0.15, 0.2) is 11.6 Å². The van der Waals surface area contributed by atoms with Crippen molar-refractivity contribution in [3.8, 4) is 0 Å². The molecule has 1 N–H and O–H groups in total. The van der Waals surface area contributed by atoms with Crippen LogP contribution in [0, 0.1) is 11.6 Å². The Balaban J connectivity index is 1.70. The number of rotatable bonds is 3. The van der Waals surface area contributed by atoms with E-state index in [9.17, 15) is 8.78 Å². The minimum absolute atomic E-state index is 0.597. The zero-order chi connectivity index (χ0) is 13.2. The summed E-state index contributed by atoms with van der Waals surface area (Å²) in [6.45, 7) is 0.623. The Labute approximate surface area is 111 Å². The molecule has 0 aliphatic heterocycles. The van der Waals surface area contributed by atoms with Crippen LogP contribution < -0.4 is 5.32 Å². The number of anilines is 1. The molecule has 98 valence electrons. The van der Waals surface area contributed by atoms with Gasteiger partial charge in [0.1, 0.15) is 0 Å². The largest absolute Gasteiger partial charge is 0.381 e. The van der Waals surface area contributed by atoms with E-state index in [1.165, 1.54) is 35.6 Å². The summed E-state index contributed by atoms with van der Waals surface area (Å²) in [6.07, 6.45) is 3.55. The lowest BCUT2D eigenvalue weighted by Crippen LogP contribution is -2.01. The molecule has 0 saturated carbocycles. The smallest absolute Gasteiger partial charge is 0.160 e. The first kappa shape index (κ1) is 12.2. The van der Waals surface area contributed by atoms with Crippen LogP contribution in [0.1, 0.15) is 23.1 Å². The maximum Gasteiger partial charge on any atom is 0.160 e. The average Bonchev–Trinajstić information content (AvgIpc) is 2.87. The third-order valence-electron chi connectivity index (χ3n) is 3.58. The van der Waals surface area contributed by atoms with Crippen LogP contribution in [0.2, 0.25) is 0 Å². The summed E-state index contributed by atoms with van der Waals surface area (Å²) < 4.78 is 25.9. The van der Waals surface area contributed by atoms with Crippen molar-refractivity contribution in [3.63, 3.8) is 0 Å². The maximum atomic E-state index is 13.1. The Bertz CT molecular complexity index is 608.